The number of methoxy groups -OCH3 is 1. The zero-order chi connectivity index (χ0) is 21.3. The largest absolute Gasteiger partial charge is 0.497 e. The van der Waals surface area contributed by atoms with E-state index in [1.165, 1.54) is 6.08 Å². The molecule has 0 unspecified atom stereocenters. The highest BCUT2D eigenvalue weighted by molar-refractivity contribution is 6.30. The number of carbonyl (C=O) groups excluding carboxylic acids is 1. The van der Waals surface area contributed by atoms with Gasteiger partial charge in [-0.15, -0.1) is 0 Å². The van der Waals surface area contributed by atoms with Crippen LogP contribution in [0, 0.1) is 11.3 Å². The van der Waals surface area contributed by atoms with Crippen molar-refractivity contribution in [2.24, 2.45) is 0 Å². The van der Waals surface area contributed by atoms with Crippen LogP contribution in [-0.4, -0.2) is 13.0 Å². The molecule has 0 bridgehead atoms. The van der Waals surface area contributed by atoms with Gasteiger partial charge in [-0.2, -0.15) is 5.26 Å². The summed E-state index contributed by atoms with van der Waals surface area (Å²) in [6.45, 7) is 0.409. The van der Waals surface area contributed by atoms with Gasteiger partial charge >= 0.3 is 0 Å². The first kappa shape index (κ1) is 21.0. The van der Waals surface area contributed by atoms with Crippen LogP contribution in [0.3, 0.4) is 0 Å². The number of hydrogen-bond acceptors (Lipinski definition) is 4. The van der Waals surface area contributed by atoms with Gasteiger partial charge in [-0.25, -0.2) is 0 Å². The predicted molar refractivity (Wildman–Crippen MR) is 117 cm³/mol. The molecule has 0 radical (unpaired) electrons. The van der Waals surface area contributed by atoms with E-state index in [1.54, 1.807) is 55.6 Å². The zero-order valence-electron chi connectivity index (χ0n) is 16.3. The molecule has 150 valence electrons. The summed E-state index contributed by atoms with van der Waals surface area (Å²) in [5.41, 5.74) is 2.30. The molecule has 0 aliphatic carbocycles. The van der Waals surface area contributed by atoms with Crippen molar-refractivity contribution in [2.75, 3.05) is 12.4 Å². The maximum atomic E-state index is 12.4. The Bertz CT molecular complexity index is 1070. The molecule has 0 fully saturated rings. The highest BCUT2D eigenvalue weighted by Crippen LogP contribution is 2.19. The van der Waals surface area contributed by atoms with E-state index >= 15 is 0 Å². The molecular formula is C24H19ClN2O3. The van der Waals surface area contributed by atoms with Gasteiger partial charge in [0, 0.05) is 10.7 Å². The number of anilines is 1. The minimum atomic E-state index is -0.483. The molecule has 0 atom stereocenters. The minimum absolute atomic E-state index is 0.00299. The lowest BCUT2D eigenvalue weighted by molar-refractivity contribution is -0.112. The maximum absolute atomic E-state index is 12.4. The highest BCUT2D eigenvalue weighted by Gasteiger charge is 2.10. The van der Waals surface area contributed by atoms with Gasteiger partial charge in [-0.05, 0) is 65.7 Å². The van der Waals surface area contributed by atoms with Gasteiger partial charge < -0.3 is 14.8 Å². The maximum Gasteiger partial charge on any atom is 0.266 e. The fraction of sp³-hybridized carbons (Fsp3) is 0.0833. The van der Waals surface area contributed by atoms with Crippen molar-refractivity contribution in [3.63, 3.8) is 0 Å². The second-order valence-electron chi connectivity index (χ2n) is 6.34. The van der Waals surface area contributed by atoms with Crippen molar-refractivity contribution in [2.45, 2.75) is 6.61 Å². The van der Waals surface area contributed by atoms with E-state index in [0.717, 1.165) is 11.1 Å². The van der Waals surface area contributed by atoms with E-state index < -0.39 is 5.91 Å². The average molecular weight is 419 g/mol. The number of rotatable bonds is 7. The second kappa shape index (κ2) is 10.1. The Morgan fingerprint density at radius 2 is 1.63 bits per heavy atom. The number of halogens is 1. The van der Waals surface area contributed by atoms with Crippen LogP contribution in [0.1, 0.15) is 11.1 Å². The number of nitriles is 1. The van der Waals surface area contributed by atoms with Gasteiger partial charge in [-0.3, -0.25) is 4.79 Å². The van der Waals surface area contributed by atoms with Crippen LogP contribution in [0.15, 0.2) is 78.4 Å². The molecule has 3 aromatic rings. The molecule has 3 aromatic carbocycles. The highest BCUT2D eigenvalue weighted by atomic mass is 35.5. The Hall–Kier alpha value is -3.75. The van der Waals surface area contributed by atoms with Crippen molar-refractivity contribution < 1.29 is 14.3 Å². The number of carbonyl (C=O) groups is 1. The minimum Gasteiger partial charge on any atom is -0.497 e. The Labute approximate surface area is 180 Å². The van der Waals surface area contributed by atoms with E-state index in [9.17, 15) is 10.1 Å². The summed E-state index contributed by atoms with van der Waals surface area (Å²) in [4.78, 5) is 12.4. The van der Waals surface area contributed by atoms with Crippen molar-refractivity contribution in [1.82, 2.24) is 0 Å². The van der Waals surface area contributed by atoms with Crippen LogP contribution in [0.5, 0.6) is 11.5 Å². The molecule has 0 spiro atoms. The van der Waals surface area contributed by atoms with Gasteiger partial charge in [0.15, 0.2) is 0 Å². The van der Waals surface area contributed by atoms with Gasteiger partial charge in [0.2, 0.25) is 0 Å². The summed E-state index contributed by atoms with van der Waals surface area (Å²) in [7, 11) is 1.58. The smallest absolute Gasteiger partial charge is 0.266 e. The summed E-state index contributed by atoms with van der Waals surface area (Å²) in [6.07, 6.45) is 1.53. The van der Waals surface area contributed by atoms with E-state index in [4.69, 9.17) is 21.1 Å². The summed E-state index contributed by atoms with van der Waals surface area (Å²) in [5, 5.41) is 12.7. The first-order valence-corrected chi connectivity index (χ1v) is 9.49. The lowest BCUT2D eigenvalue weighted by Gasteiger charge is -2.08. The third kappa shape index (κ3) is 5.87. The molecule has 0 aliphatic heterocycles. The molecule has 0 aliphatic rings. The van der Waals surface area contributed by atoms with E-state index in [-0.39, 0.29) is 5.57 Å². The Kier molecular flexibility index (Phi) is 7.09. The third-order valence-electron chi connectivity index (χ3n) is 4.22. The van der Waals surface area contributed by atoms with Gasteiger partial charge in [0.25, 0.3) is 5.91 Å². The Morgan fingerprint density at radius 1 is 1.00 bits per heavy atom. The average Bonchev–Trinajstić information content (AvgIpc) is 2.78. The molecule has 0 aromatic heterocycles. The van der Waals surface area contributed by atoms with Gasteiger partial charge in [-0.1, -0.05) is 35.9 Å². The van der Waals surface area contributed by atoms with Gasteiger partial charge in [0.05, 0.1) is 7.11 Å². The zero-order valence-corrected chi connectivity index (χ0v) is 17.0. The van der Waals surface area contributed by atoms with Crippen molar-refractivity contribution >= 4 is 29.3 Å². The number of ether oxygens (including phenoxy) is 2. The SMILES string of the molecule is COc1ccc(/C=C(\C#N)C(=O)Nc2ccc(OCc3ccc(Cl)cc3)cc2)cc1. The molecule has 5 nitrogen and oxygen atoms in total. The van der Waals surface area contributed by atoms with Crippen molar-refractivity contribution in [1.29, 1.82) is 5.26 Å². The molecular weight excluding hydrogens is 400 g/mol. The lowest BCUT2D eigenvalue weighted by atomic mass is 10.1. The molecule has 0 heterocycles. The van der Waals surface area contributed by atoms with E-state index in [2.05, 4.69) is 5.32 Å². The molecule has 1 N–H and O–H groups in total. The quantitative estimate of drug-likeness (QED) is 0.407. The summed E-state index contributed by atoms with van der Waals surface area (Å²) in [5.74, 6) is 0.883. The molecule has 6 heteroatoms. The summed E-state index contributed by atoms with van der Waals surface area (Å²) < 4.78 is 10.8. The third-order valence-corrected chi connectivity index (χ3v) is 4.47. The first-order valence-electron chi connectivity index (χ1n) is 9.12. The normalized spacial score (nSPS) is 10.8. The monoisotopic (exact) mass is 418 g/mol. The van der Waals surface area contributed by atoms with Crippen LogP contribution < -0.4 is 14.8 Å². The van der Waals surface area contributed by atoms with E-state index in [1.807, 2.05) is 30.3 Å². The second-order valence-corrected chi connectivity index (χ2v) is 6.77. The molecule has 30 heavy (non-hydrogen) atoms. The Balaban J connectivity index is 1.60. The predicted octanol–water partition coefficient (Wildman–Crippen LogP) is 5.47. The number of benzene rings is 3. The standard InChI is InChI=1S/C24H19ClN2O3/c1-29-22-10-4-17(5-11-22)14-19(15-26)24(28)27-21-8-12-23(13-9-21)30-16-18-2-6-20(25)7-3-18/h2-14H,16H2,1H3,(H,27,28)/b19-14+. The molecule has 0 saturated carbocycles. The number of nitrogens with one attached hydrogen (secondary N) is 1. The number of nitrogens with zero attached hydrogens (tertiary/aromatic N) is 1. The number of amides is 1. The van der Waals surface area contributed by atoms with Gasteiger partial charge in [0.1, 0.15) is 29.7 Å². The van der Waals surface area contributed by atoms with Crippen LogP contribution >= 0.6 is 11.6 Å². The summed E-state index contributed by atoms with van der Waals surface area (Å²) in [6, 6.07) is 23.4. The fourth-order valence-corrected chi connectivity index (χ4v) is 2.72. The van der Waals surface area contributed by atoms with Crippen LogP contribution in [-0.2, 0) is 11.4 Å². The Morgan fingerprint density at radius 3 is 2.23 bits per heavy atom. The van der Waals surface area contributed by atoms with Crippen molar-refractivity contribution in [3.05, 3.63) is 94.5 Å². The van der Waals surface area contributed by atoms with Crippen LogP contribution in [0.4, 0.5) is 5.69 Å². The summed E-state index contributed by atoms with van der Waals surface area (Å²) >= 11 is 5.87. The van der Waals surface area contributed by atoms with E-state index in [0.29, 0.717) is 28.8 Å². The fourth-order valence-electron chi connectivity index (χ4n) is 2.60. The molecule has 0 saturated heterocycles. The van der Waals surface area contributed by atoms with Crippen LogP contribution in [0.2, 0.25) is 5.02 Å². The lowest BCUT2D eigenvalue weighted by Crippen LogP contribution is -2.13. The van der Waals surface area contributed by atoms with Crippen molar-refractivity contribution in [3.8, 4) is 17.6 Å². The topological polar surface area (TPSA) is 71.3 Å². The number of hydrogen-bond donors (Lipinski definition) is 1. The first-order chi connectivity index (χ1) is 14.6. The molecule has 1 amide bonds. The molecule has 3 rings (SSSR count). The van der Waals surface area contributed by atoms with Crippen LogP contribution in [0.25, 0.3) is 6.08 Å².